The minimum Gasteiger partial charge on any atom is -0.366 e. The van der Waals surface area contributed by atoms with Gasteiger partial charge in [-0.2, -0.15) is 5.10 Å². The Morgan fingerprint density at radius 2 is 2.32 bits per heavy atom. The van der Waals surface area contributed by atoms with Crippen LogP contribution in [-0.2, 0) is 9.53 Å². The zero-order chi connectivity index (χ0) is 15.7. The molecule has 0 spiro atoms. The maximum atomic E-state index is 12.9. The van der Waals surface area contributed by atoms with E-state index in [1.165, 1.54) is 0 Å². The molecular weight excluding hydrogens is 282 g/mol. The third-order valence-corrected chi connectivity index (χ3v) is 4.83. The highest BCUT2D eigenvalue weighted by Crippen LogP contribution is 2.34. The summed E-state index contributed by atoms with van der Waals surface area (Å²) in [4.78, 5) is 19.1. The van der Waals surface area contributed by atoms with Crippen molar-refractivity contribution in [1.29, 1.82) is 0 Å². The molecule has 3 N–H and O–H groups in total. The molecular formula is C15H25N5O2. The summed E-state index contributed by atoms with van der Waals surface area (Å²) >= 11 is 0. The van der Waals surface area contributed by atoms with Crippen LogP contribution in [0.4, 0.5) is 0 Å². The van der Waals surface area contributed by atoms with Crippen LogP contribution in [-0.4, -0.2) is 51.2 Å². The number of ether oxygens (including phenoxy) is 1. The van der Waals surface area contributed by atoms with Crippen molar-refractivity contribution in [3.63, 3.8) is 0 Å². The van der Waals surface area contributed by atoms with E-state index in [0.717, 1.165) is 31.5 Å². The molecule has 0 bridgehead atoms. The third kappa shape index (κ3) is 3.01. The normalized spacial score (nSPS) is 33.0. The maximum absolute atomic E-state index is 12.9. The number of nitrogens with zero attached hydrogens (tertiary/aromatic N) is 3. The first-order valence-corrected chi connectivity index (χ1v) is 8.05. The lowest BCUT2D eigenvalue weighted by Gasteiger charge is -2.41. The van der Waals surface area contributed by atoms with Gasteiger partial charge in [-0.15, -0.1) is 0 Å². The molecule has 1 aliphatic carbocycles. The minimum atomic E-state index is -0.399. The van der Waals surface area contributed by atoms with Gasteiger partial charge in [-0.3, -0.25) is 9.89 Å². The van der Waals surface area contributed by atoms with Crippen LogP contribution in [0.5, 0.6) is 0 Å². The quantitative estimate of drug-likeness (QED) is 0.847. The number of nitrogens with two attached hydrogens (primary N) is 1. The van der Waals surface area contributed by atoms with Crippen LogP contribution in [0, 0.1) is 12.8 Å². The molecule has 1 saturated carbocycles. The first-order valence-electron chi connectivity index (χ1n) is 8.05. The van der Waals surface area contributed by atoms with Crippen molar-refractivity contribution in [2.24, 2.45) is 11.7 Å². The van der Waals surface area contributed by atoms with Gasteiger partial charge >= 0.3 is 0 Å². The first kappa shape index (κ1) is 15.4. The molecule has 2 aliphatic rings. The van der Waals surface area contributed by atoms with Gasteiger partial charge in [-0.05, 0) is 26.7 Å². The van der Waals surface area contributed by atoms with Gasteiger partial charge < -0.3 is 15.4 Å². The largest absolute Gasteiger partial charge is 0.366 e. The fraction of sp³-hybridized carbons (Fsp3) is 0.800. The molecule has 1 aliphatic heterocycles. The number of hydrogen-bond donors (Lipinski definition) is 2. The van der Waals surface area contributed by atoms with Gasteiger partial charge in [0.2, 0.25) is 5.91 Å². The van der Waals surface area contributed by atoms with Crippen molar-refractivity contribution in [2.75, 3.05) is 19.7 Å². The molecule has 7 heteroatoms. The minimum absolute atomic E-state index is 0.0890. The Labute approximate surface area is 130 Å². The molecule has 0 aromatic carbocycles. The number of aryl methyl sites for hydroxylation is 1. The highest BCUT2D eigenvalue weighted by Gasteiger charge is 2.41. The monoisotopic (exact) mass is 307 g/mol. The number of amides is 1. The van der Waals surface area contributed by atoms with E-state index in [4.69, 9.17) is 10.5 Å². The predicted octanol–water partition coefficient (Wildman–Crippen LogP) is 0.921. The highest BCUT2D eigenvalue weighted by molar-refractivity contribution is 5.80. The van der Waals surface area contributed by atoms with Gasteiger partial charge in [0.15, 0.2) is 5.82 Å². The summed E-state index contributed by atoms with van der Waals surface area (Å²) in [5, 5.41) is 6.97. The standard InChI is InChI=1S/C15H25N5O2/c1-10-17-13(19-18-10)12-9-20(7-8-22-12)14(21)11-5-3-4-6-15(11,2)16/h11-12H,3-9,16H2,1-2H3,(H,17,18,19). The van der Waals surface area contributed by atoms with E-state index in [1.807, 2.05) is 18.7 Å². The van der Waals surface area contributed by atoms with Crippen molar-refractivity contribution in [3.05, 3.63) is 11.6 Å². The Bertz CT molecular complexity index is 542. The number of carbonyl (C=O) groups excluding carboxylic acids is 1. The van der Waals surface area contributed by atoms with E-state index in [9.17, 15) is 4.79 Å². The van der Waals surface area contributed by atoms with E-state index < -0.39 is 5.54 Å². The van der Waals surface area contributed by atoms with Crippen LogP contribution in [0.15, 0.2) is 0 Å². The number of aromatic nitrogens is 3. The van der Waals surface area contributed by atoms with Gasteiger partial charge in [0.05, 0.1) is 19.1 Å². The summed E-state index contributed by atoms with van der Waals surface area (Å²) in [6.45, 7) is 5.49. The van der Waals surface area contributed by atoms with Gasteiger partial charge in [-0.1, -0.05) is 12.8 Å². The zero-order valence-corrected chi connectivity index (χ0v) is 13.3. The summed E-state index contributed by atoms with van der Waals surface area (Å²) < 4.78 is 5.73. The molecule has 3 atom stereocenters. The van der Waals surface area contributed by atoms with Crippen LogP contribution in [0.3, 0.4) is 0 Å². The van der Waals surface area contributed by atoms with Gasteiger partial charge in [0.1, 0.15) is 11.9 Å². The van der Waals surface area contributed by atoms with Crippen LogP contribution in [0.25, 0.3) is 0 Å². The molecule has 0 radical (unpaired) electrons. The number of nitrogens with one attached hydrogen (secondary N) is 1. The van der Waals surface area contributed by atoms with Crippen LogP contribution in [0.2, 0.25) is 0 Å². The SMILES string of the molecule is Cc1nc(C2CN(C(=O)C3CCCCC3(C)N)CCO2)n[nH]1. The number of hydrogen-bond acceptors (Lipinski definition) is 5. The van der Waals surface area contributed by atoms with Crippen molar-refractivity contribution in [1.82, 2.24) is 20.1 Å². The van der Waals surface area contributed by atoms with E-state index in [-0.39, 0.29) is 17.9 Å². The molecule has 2 fully saturated rings. The number of H-pyrrole nitrogens is 1. The Morgan fingerprint density at radius 1 is 1.50 bits per heavy atom. The zero-order valence-electron chi connectivity index (χ0n) is 13.3. The Hall–Kier alpha value is -1.47. The molecule has 1 amide bonds. The third-order valence-electron chi connectivity index (χ3n) is 4.83. The number of rotatable bonds is 2. The topological polar surface area (TPSA) is 97.1 Å². The van der Waals surface area contributed by atoms with Crippen molar-refractivity contribution < 1.29 is 9.53 Å². The van der Waals surface area contributed by atoms with E-state index in [0.29, 0.717) is 25.5 Å². The average molecular weight is 307 g/mol. The second-order valence-electron chi connectivity index (χ2n) is 6.73. The molecule has 1 aromatic heterocycles. The summed E-state index contributed by atoms with van der Waals surface area (Å²) in [7, 11) is 0. The molecule has 7 nitrogen and oxygen atoms in total. The van der Waals surface area contributed by atoms with Gasteiger partial charge in [0.25, 0.3) is 0 Å². The average Bonchev–Trinajstić information content (AvgIpc) is 2.93. The number of carbonyl (C=O) groups is 1. The molecule has 2 heterocycles. The lowest BCUT2D eigenvalue weighted by atomic mass is 9.74. The van der Waals surface area contributed by atoms with Crippen molar-refractivity contribution in [3.8, 4) is 0 Å². The van der Waals surface area contributed by atoms with Gasteiger partial charge in [-0.25, -0.2) is 4.98 Å². The lowest BCUT2D eigenvalue weighted by molar-refractivity contribution is -0.147. The molecule has 122 valence electrons. The summed E-state index contributed by atoms with van der Waals surface area (Å²) in [5.41, 5.74) is 5.97. The number of aromatic amines is 1. The van der Waals surface area contributed by atoms with Crippen LogP contribution < -0.4 is 5.73 Å². The first-order chi connectivity index (χ1) is 10.5. The van der Waals surface area contributed by atoms with Gasteiger partial charge in [0, 0.05) is 12.1 Å². The molecule has 3 unspecified atom stereocenters. The van der Waals surface area contributed by atoms with E-state index in [1.54, 1.807) is 0 Å². The lowest BCUT2D eigenvalue weighted by Crippen LogP contribution is -2.55. The van der Waals surface area contributed by atoms with Crippen molar-refractivity contribution in [2.45, 2.75) is 51.2 Å². The molecule has 3 rings (SSSR count). The maximum Gasteiger partial charge on any atom is 0.227 e. The Kier molecular flexibility index (Phi) is 4.18. The second kappa shape index (κ2) is 5.96. The Morgan fingerprint density at radius 3 is 3.00 bits per heavy atom. The fourth-order valence-electron chi connectivity index (χ4n) is 3.49. The Balaban J connectivity index is 1.70. The molecule has 22 heavy (non-hydrogen) atoms. The number of morpholine rings is 1. The predicted molar refractivity (Wildman–Crippen MR) is 80.9 cm³/mol. The highest BCUT2D eigenvalue weighted by atomic mass is 16.5. The summed E-state index contributed by atoms with van der Waals surface area (Å²) in [6, 6.07) is 0. The second-order valence-corrected chi connectivity index (χ2v) is 6.73. The van der Waals surface area contributed by atoms with E-state index in [2.05, 4.69) is 15.2 Å². The van der Waals surface area contributed by atoms with E-state index >= 15 is 0 Å². The summed E-state index contributed by atoms with van der Waals surface area (Å²) in [6.07, 6.45) is 3.73. The smallest absolute Gasteiger partial charge is 0.227 e. The van der Waals surface area contributed by atoms with Crippen molar-refractivity contribution >= 4 is 5.91 Å². The summed E-state index contributed by atoms with van der Waals surface area (Å²) in [5.74, 6) is 1.44. The van der Waals surface area contributed by atoms with Crippen LogP contribution >= 0.6 is 0 Å². The molecule has 1 aromatic rings. The molecule has 1 saturated heterocycles. The fourth-order valence-corrected chi connectivity index (χ4v) is 3.49. The van der Waals surface area contributed by atoms with Crippen LogP contribution in [0.1, 0.15) is 50.4 Å².